The highest BCUT2D eigenvalue weighted by Gasteiger charge is 2.25. The van der Waals surface area contributed by atoms with Gasteiger partial charge in [-0.05, 0) is 31.0 Å². The quantitative estimate of drug-likeness (QED) is 0.941. The van der Waals surface area contributed by atoms with Crippen LogP contribution in [-0.4, -0.2) is 20.7 Å². The second-order valence-corrected chi connectivity index (χ2v) is 5.88. The Hall–Kier alpha value is -1.95. The number of hydrogen-bond donors (Lipinski definition) is 1. The summed E-state index contributed by atoms with van der Waals surface area (Å²) >= 11 is 5.60. The summed E-state index contributed by atoms with van der Waals surface area (Å²) in [5.74, 6) is 1.15. The van der Waals surface area contributed by atoms with Crippen molar-refractivity contribution in [3.8, 4) is 0 Å². The van der Waals surface area contributed by atoms with Crippen LogP contribution in [0.25, 0.3) is 0 Å². The molecule has 1 N–H and O–H groups in total. The molecule has 0 saturated heterocycles. The van der Waals surface area contributed by atoms with Crippen molar-refractivity contribution in [2.45, 2.75) is 31.7 Å². The molecule has 1 amide bonds. The zero-order valence-corrected chi connectivity index (χ0v) is 12.9. The lowest BCUT2D eigenvalue weighted by Gasteiger charge is -2.24. The van der Waals surface area contributed by atoms with E-state index >= 15 is 0 Å². The Morgan fingerprint density at radius 2 is 2.23 bits per heavy atom. The average molecular weight is 323 g/mol. The molecule has 1 aliphatic rings. The second kappa shape index (κ2) is 6.04. The number of rotatable bonds is 4. The maximum absolute atomic E-state index is 13.4. The highest BCUT2D eigenvalue weighted by molar-refractivity contribution is 6.30. The van der Waals surface area contributed by atoms with E-state index < -0.39 is 5.82 Å². The van der Waals surface area contributed by atoms with Gasteiger partial charge in [0.25, 0.3) is 5.91 Å². The van der Waals surface area contributed by atoms with Crippen molar-refractivity contribution in [2.75, 3.05) is 0 Å². The maximum atomic E-state index is 13.4. The molecule has 0 spiro atoms. The second-order valence-electron chi connectivity index (χ2n) is 5.47. The van der Waals surface area contributed by atoms with Crippen LogP contribution in [0.15, 0.2) is 18.2 Å². The fourth-order valence-electron chi connectivity index (χ4n) is 2.45. The number of amides is 1. The number of halogens is 2. The molecular formula is C15H16ClFN4O. The molecule has 1 fully saturated rings. The zero-order valence-electron chi connectivity index (χ0n) is 12.1. The number of nitrogens with zero attached hydrogens (tertiary/aromatic N) is 3. The molecule has 0 atom stereocenters. The summed E-state index contributed by atoms with van der Waals surface area (Å²) < 4.78 is 15.3. The van der Waals surface area contributed by atoms with Gasteiger partial charge in [-0.15, -0.1) is 10.2 Å². The van der Waals surface area contributed by atoms with E-state index in [-0.39, 0.29) is 23.0 Å². The molecule has 2 aromatic rings. The SMILES string of the molecule is Cn1c(CNC(=O)c2ccc(Cl)c(F)c2)nnc1C1CCC1. The first-order chi connectivity index (χ1) is 10.6. The highest BCUT2D eigenvalue weighted by atomic mass is 35.5. The number of carbonyl (C=O) groups excluding carboxylic acids is 1. The van der Waals surface area contributed by atoms with Gasteiger partial charge in [0.1, 0.15) is 11.6 Å². The monoisotopic (exact) mass is 322 g/mol. The Bertz CT molecular complexity index is 712. The maximum Gasteiger partial charge on any atom is 0.251 e. The van der Waals surface area contributed by atoms with Crippen molar-refractivity contribution in [1.82, 2.24) is 20.1 Å². The van der Waals surface area contributed by atoms with E-state index in [1.54, 1.807) is 0 Å². The molecule has 1 aliphatic carbocycles. The molecular weight excluding hydrogens is 307 g/mol. The fourth-order valence-corrected chi connectivity index (χ4v) is 2.57. The van der Waals surface area contributed by atoms with Crippen molar-refractivity contribution in [2.24, 2.45) is 7.05 Å². The van der Waals surface area contributed by atoms with E-state index in [0.29, 0.717) is 11.7 Å². The molecule has 22 heavy (non-hydrogen) atoms. The van der Waals surface area contributed by atoms with E-state index in [9.17, 15) is 9.18 Å². The third kappa shape index (κ3) is 2.83. The van der Waals surface area contributed by atoms with Crippen LogP contribution in [0, 0.1) is 5.82 Å². The Kier molecular flexibility index (Phi) is 4.11. The van der Waals surface area contributed by atoms with E-state index in [2.05, 4.69) is 15.5 Å². The van der Waals surface area contributed by atoms with Gasteiger partial charge in [0.15, 0.2) is 5.82 Å². The predicted octanol–water partition coefficient (Wildman–Crippen LogP) is 2.81. The van der Waals surface area contributed by atoms with Crippen LogP contribution in [0.4, 0.5) is 4.39 Å². The summed E-state index contributed by atoms with van der Waals surface area (Å²) in [7, 11) is 1.90. The van der Waals surface area contributed by atoms with Gasteiger partial charge in [0, 0.05) is 18.5 Å². The first kappa shape index (κ1) is 15.0. The van der Waals surface area contributed by atoms with Crippen molar-refractivity contribution in [3.05, 3.63) is 46.3 Å². The largest absolute Gasteiger partial charge is 0.345 e. The number of benzene rings is 1. The predicted molar refractivity (Wildman–Crippen MR) is 80.2 cm³/mol. The number of hydrogen-bond acceptors (Lipinski definition) is 3. The molecule has 1 aromatic carbocycles. The van der Waals surface area contributed by atoms with Crippen LogP contribution < -0.4 is 5.32 Å². The lowest BCUT2D eigenvalue weighted by atomic mass is 9.85. The minimum absolute atomic E-state index is 0.00464. The summed E-state index contributed by atoms with van der Waals surface area (Å²) in [4.78, 5) is 12.0. The third-order valence-corrected chi connectivity index (χ3v) is 4.36. The number of carbonyl (C=O) groups is 1. The van der Waals surface area contributed by atoms with Gasteiger partial charge >= 0.3 is 0 Å². The molecule has 1 aromatic heterocycles. The van der Waals surface area contributed by atoms with Gasteiger partial charge in [-0.2, -0.15) is 0 Å². The Morgan fingerprint density at radius 1 is 1.45 bits per heavy atom. The van der Waals surface area contributed by atoms with Gasteiger partial charge in [-0.1, -0.05) is 18.0 Å². The summed E-state index contributed by atoms with van der Waals surface area (Å²) in [6, 6.07) is 3.97. The molecule has 5 nitrogen and oxygen atoms in total. The van der Waals surface area contributed by atoms with Crippen molar-refractivity contribution in [3.63, 3.8) is 0 Å². The number of nitrogens with one attached hydrogen (secondary N) is 1. The molecule has 7 heteroatoms. The normalized spacial score (nSPS) is 14.7. The standard InChI is InChI=1S/C15H16ClFN4O/c1-21-13(19-20-14(21)9-3-2-4-9)8-18-15(22)10-5-6-11(16)12(17)7-10/h5-7,9H,2-4,8H2,1H3,(H,18,22). The summed E-state index contributed by atoms with van der Waals surface area (Å²) in [6.45, 7) is 0.249. The zero-order chi connectivity index (χ0) is 15.7. The Morgan fingerprint density at radius 3 is 2.86 bits per heavy atom. The Labute approximate surface area is 132 Å². The van der Waals surface area contributed by atoms with E-state index in [4.69, 9.17) is 11.6 Å². The van der Waals surface area contributed by atoms with Crippen LogP contribution in [-0.2, 0) is 13.6 Å². The van der Waals surface area contributed by atoms with Gasteiger partial charge < -0.3 is 9.88 Å². The first-order valence-electron chi connectivity index (χ1n) is 7.17. The fraction of sp³-hybridized carbons (Fsp3) is 0.400. The molecule has 0 bridgehead atoms. The third-order valence-electron chi connectivity index (χ3n) is 4.06. The van der Waals surface area contributed by atoms with E-state index in [1.165, 1.54) is 18.6 Å². The molecule has 116 valence electrons. The van der Waals surface area contributed by atoms with Crippen LogP contribution in [0.5, 0.6) is 0 Å². The average Bonchev–Trinajstić information content (AvgIpc) is 2.79. The van der Waals surface area contributed by atoms with Crippen molar-refractivity contribution < 1.29 is 9.18 Å². The molecule has 1 heterocycles. The summed E-state index contributed by atoms with van der Waals surface area (Å²) in [6.07, 6.45) is 3.51. The molecule has 0 unspecified atom stereocenters. The van der Waals surface area contributed by atoms with Crippen LogP contribution in [0.1, 0.15) is 47.2 Å². The van der Waals surface area contributed by atoms with Gasteiger partial charge in [0.2, 0.25) is 0 Å². The van der Waals surface area contributed by atoms with Crippen molar-refractivity contribution >= 4 is 17.5 Å². The number of aromatic nitrogens is 3. The summed E-state index contributed by atoms with van der Waals surface area (Å²) in [5, 5.41) is 11.0. The van der Waals surface area contributed by atoms with E-state index in [0.717, 1.165) is 24.7 Å². The van der Waals surface area contributed by atoms with Crippen molar-refractivity contribution in [1.29, 1.82) is 0 Å². The van der Waals surface area contributed by atoms with Crippen LogP contribution >= 0.6 is 11.6 Å². The van der Waals surface area contributed by atoms with Gasteiger partial charge in [-0.25, -0.2) is 4.39 Å². The van der Waals surface area contributed by atoms with Crippen LogP contribution in [0.2, 0.25) is 5.02 Å². The molecule has 1 saturated carbocycles. The Balaban J connectivity index is 1.65. The lowest BCUT2D eigenvalue weighted by molar-refractivity contribution is 0.0949. The summed E-state index contributed by atoms with van der Waals surface area (Å²) in [5.41, 5.74) is 0.225. The van der Waals surface area contributed by atoms with Crippen LogP contribution in [0.3, 0.4) is 0 Å². The van der Waals surface area contributed by atoms with E-state index in [1.807, 2.05) is 11.6 Å². The minimum atomic E-state index is -0.611. The van der Waals surface area contributed by atoms with Gasteiger partial charge in [0.05, 0.1) is 11.6 Å². The lowest BCUT2D eigenvalue weighted by Crippen LogP contribution is -2.25. The molecule has 3 rings (SSSR count). The minimum Gasteiger partial charge on any atom is -0.345 e. The molecule has 0 radical (unpaired) electrons. The first-order valence-corrected chi connectivity index (χ1v) is 7.55. The molecule has 0 aliphatic heterocycles. The highest BCUT2D eigenvalue weighted by Crippen LogP contribution is 2.35. The smallest absolute Gasteiger partial charge is 0.251 e. The topological polar surface area (TPSA) is 59.8 Å². The van der Waals surface area contributed by atoms with Gasteiger partial charge in [-0.3, -0.25) is 4.79 Å².